The number of hydrogen-bond donors (Lipinski definition) is 1. The number of amides is 1. The van der Waals surface area contributed by atoms with Gasteiger partial charge in [0.1, 0.15) is 0 Å². The van der Waals surface area contributed by atoms with E-state index < -0.39 is 0 Å². The summed E-state index contributed by atoms with van der Waals surface area (Å²) in [5, 5.41) is 2.87. The first kappa shape index (κ1) is 7.31. The third-order valence-corrected chi connectivity index (χ3v) is 4.34. The van der Waals surface area contributed by atoms with Gasteiger partial charge in [0.25, 0.3) is 0 Å². The normalized spacial score (nSPS) is 28.1. The minimum absolute atomic E-state index is 0.240. The second kappa shape index (κ2) is 3.39. The Hall–Kier alpha value is 0.200. The zero-order valence-electron chi connectivity index (χ0n) is 5.48. The van der Waals surface area contributed by atoms with Crippen molar-refractivity contribution in [2.45, 2.75) is 16.8 Å². The van der Waals surface area contributed by atoms with Crippen molar-refractivity contribution in [3.8, 4) is 0 Å². The van der Waals surface area contributed by atoms with Crippen LogP contribution >= 0.6 is 0 Å². The van der Waals surface area contributed by atoms with Crippen molar-refractivity contribution in [3.05, 3.63) is 0 Å². The van der Waals surface area contributed by atoms with Gasteiger partial charge >= 0.3 is 65.5 Å². The fourth-order valence-electron chi connectivity index (χ4n) is 0.889. The Morgan fingerprint density at radius 3 is 3.00 bits per heavy atom. The minimum atomic E-state index is 0.240. The summed E-state index contributed by atoms with van der Waals surface area (Å²) in [5.41, 5.74) is 0. The van der Waals surface area contributed by atoms with E-state index in [0.717, 1.165) is 23.3 Å². The van der Waals surface area contributed by atoms with E-state index in [-0.39, 0.29) is 5.91 Å². The van der Waals surface area contributed by atoms with Crippen molar-refractivity contribution in [1.82, 2.24) is 5.32 Å². The first-order chi connectivity index (χ1) is 4.33. The molecule has 2 nitrogen and oxygen atoms in total. The zero-order valence-corrected chi connectivity index (χ0v) is 7.64. The van der Waals surface area contributed by atoms with Gasteiger partial charge in [-0.2, -0.15) is 0 Å². The van der Waals surface area contributed by atoms with Crippen LogP contribution in [-0.2, 0) is 4.79 Å². The van der Waals surface area contributed by atoms with Gasteiger partial charge in [0, 0.05) is 0 Å². The number of alkyl halides is 2. The van der Waals surface area contributed by atoms with Crippen molar-refractivity contribution < 1.29 is 26.0 Å². The van der Waals surface area contributed by atoms with Crippen LogP contribution in [0.25, 0.3) is 0 Å². The molecule has 1 amide bonds. The Kier molecular flexibility index (Phi) is 2.75. The van der Waals surface area contributed by atoms with Crippen molar-refractivity contribution in [2.75, 3.05) is 11.5 Å². The Morgan fingerprint density at radius 2 is 2.56 bits per heavy atom. The van der Waals surface area contributed by atoms with Gasteiger partial charge in [-0.15, -0.1) is 0 Å². The van der Waals surface area contributed by atoms with Crippen LogP contribution in [0.1, 0.15) is 12.8 Å². The molecule has 0 unspecified atom stereocenters. The Labute approximate surface area is 65.7 Å². The summed E-state index contributed by atoms with van der Waals surface area (Å²) in [5.74, 6) is 0.240. The van der Waals surface area contributed by atoms with Crippen LogP contribution in [0.5, 0.6) is 0 Å². The molecule has 0 saturated carbocycles. The van der Waals surface area contributed by atoms with Gasteiger partial charge < -0.3 is 0 Å². The number of carbonyl (C=O) groups excluding carboxylic acids is 1. The number of carbonyl (C=O) groups is 1. The molecule has 1 fully saturated rings. The molecule has 0 radical (unpaired) electrons. The second-order valence-electron chi connectivity index (χ2n) is 2.16. The fourth-order valence-corrected chi connectivity index (χ4v) is 2.48. The number of halogens is 1. The number of hydrogen-bond acceptors (Lipinski definition) is 1. The van der Waals surface area contributed by atoms with E-state index in [0.29, 0.717) is 21.2 Å². The molecule has 0 aromatic heterocycles. The monoisotopic (exact) mass is 240 g/mol. The molecule has 0 spiro atoms. The number of nitrogens with one attached hydrogen (secondary N) is 1. The van der Waals surface area contributed by atoms with E-state index in [4.69, 9.17) is 0 Å². The summed E-state index contributed by atoms with van der Waals surface area (Å²) in [7, 11) is 0. The first-order valence-corrected chi connectivity index (χ1v) is 6.48. The molecule has 1 heterocycles. The predicted octanol–water partition coefficient (Wildman–Crippen LogP) is -3.02. The van der Waals surface area contributed by atoms with E-state index in [9.17, 15) is 4.79 Å². The maximum atomic E-state index is 10.6. The summed E-state index contributed by atoms with van der Waals surface area (Å²) < 4.78 is 0.849. The van der Waals surface area contributed by atoms with E-state index in [1.807, 2.05) is 0 Å². The summed E-state index contributed by atoms with van der Waals surface area (Å²) in [6.45, 7) is 0.947. The number of rotatable bonds is 1. The first-order valence-electron chi connectivity index (χ1n) is 3.07. The molecule has 1 aliphatic rings. The summed E-state index contributed by atoms with van der Waals surface area (Å²) in [6, 6.07) is 0. The van der Waals surface area contributed by atoms with E-state index in [1.165, 1.54) is 0 Å². The molecule has 0 aromatic carbocycles. The molecule has 1 rings (SSSR count). The molecule has 9 heavy (non-hydrogen) atoms. The van der Waals surface area contributed by atoms with Crippen molar-refractivity contribution in [2.24, 2.45) is 0 Å². The molecule has 0 bridgehead atoms. The standard InChI is InChI=1S/C6H11INO/c1-7-5-2-3-6(9)8-4-5/h5H,2-4H2,1H3,(H,8,9)/q-1/t5-/m0/s1. The van der Waals surface area contributed by atoms with E-state index in [2.05, 4.69) is 10.2 Å². The SMILES string of the molecule is C[I-][C@H]1CCC(=O)NC1. The fraction of sp³-hybridized carbons (Fsp3) is 0.833. The van der Waals surface area contributed by atoms with Crippen LogP contribution < -0.4 is 26.5 Å². The molecule has 0 aromatic rings. The third-order valence-electron chi connectivity index (χ3n) is 1.51. The third kappa shape index (κ3) is 2.12. The van der Waals surface area contributed by atoms with Gasteiger partial charge in [0.2, 0.25) is 0 Å². The predicted molar refractivity (Wildman–Crippen MR) is 32.0 cm³/mol. The zero-order chi connectivity index (χ0) is 6.69. The van der Waals surface area contributed by atoms with Gasteiger partial charge in [-0.05, 0) is 0 Å². The number of piperidine rings is 1. The Morgan fingerprint density at radius 1 is 1.78 bits per heavy atom. The van der Waals surface area contributed by atoms with Crippen LogP contribution in [0, 0.1) is 0 Å². The molecule has 0 aliphatic carbocycles. The van der Waals surface area contributed by atoms with Crippen LogP contribution in [-0.4, -0.2) is 21.3 Å². The maximum absolute atomic E-state index is 10.6. The molecule has 1 aliphatic heterocycles. The van der Waals surface area contributed by atoms with Gasteiger partial charge in [-0.25, -0.2) is 0 Å². The van der Waals surface area contributed by atoms with Crippen LogP contribution in [0.3, 0.4) is 0 Å². The van der Waals surface area contributed by atoms with E-state index >= 15 is 0 Å². The van der Waals surface area contributed by atoms with Crippen molar-refractivity contribution >= 4 is 5.91 Å². The molecule has 54 valence electrons. The average Bonchev–Trinajstić information content (AvgIpc) is 1.90. The van der Waals surface area contributed by atoms with E-state index in [1.54, 1.807) is 0 Å². The van der Waals surface area contributed by atoms with Crippen LogP contribution in [0.2, 0.25) is 0 Å². The molecule has 1 atom stereocenters. The van der Waals surface area contributed by atoms with Crippen LogP contribution in [0.15, 0.2) is 0 Å². The Bertz CT molecular complexity index is 106. The Balaban J connectivity index is 2.26. The molecular formula is C6H11INO-. The van der Waals surface area contributed by atoms with Gasteiger partial charge in [-0.3, -0.25) is 0 Å². The summed E-state index contributed by atoms with van der Waals surface area (Å²) >= 11 is 0.352. The summed E-state index contributed by atoms with van der Waals surface area (Å²) in [4.78, 5) is 12.9. The summed E-state index contributed by atoms with van der Waals surface area (Å²) in [6.07, 6.45) is 1.90. The van der Waals surface area contributed by atoms with Gasteiger partial charge in [0.15, 0.2) is 0 Å². The van der Waals surface area contributed by atoms with Crippen molar-refractivity contribution in [3.63, 3.8) is 0 Å². The molecule has 1 N–H and O–H groups in total. The quantitative estimate of drug-likeness (QED) is 0.384. The van der Waals surface area contributed by atoms with Crippen LogP contribution in [0.4, 0.5) is 0 Å². The molecular weight excluding hydrogens is 229 g/mol. The molecule has 1 saturated heterocycles. The molecule has 3 heteroatoms. The average molecular weight is 240 g/mol. The van der Waals surface area contributed by atoms with Gasteiger partial charge in [0.05, 0.1) is 0 Å². The van der Waals surface area contributed by atoms with Gasteiger partial charge in [-0.1, -0.05) is 0 Å². The topological polar surface area (TPSA) is 29.1 Å². The van der Waals surface area contributed by atoms with Crippen molar-refractivity contribution in [1.29, 1.82) is 0 Å². The second-order valence-corrected chi connectivity index (χ2v) is 5.17.